The Morgan fingerprint density at radius 2 is 2.17 bits per heavy atom. The van der Waals surface area contributed by atoms with Gasteiger partial charge in [0.2, 0.25) is 0 Å². The third kappa shape index (κ3) is 5.70. The predicted octanol–water partition coefficient (Wildman–Crippen LogP) is 1.90. The minimum absolute atomic E-state index is 0.431. The molecule has 3 N–H and O–H groups in total. The van der Waals surface area contributed by atoms with Crippen LogP contribution in [0.15, 0.2) is 17.3 Å². The Morgan fingerprint density at radius 3 is 2.72 bits per heavy atom. The molecule has 1 rings (SSSR count). The molecule has 1 aromatic heterocycles. The molecule has 102 valence electrons. The Balaban J connectivity index is 2.29. The summed E-state index contributed by atoms with van der Waals surface area (Å²) in [6, 6.07) is 2.38. The van der Waals surface area contributed by atoms with Crippen molar-refractivity contribution in [2.75, 3.05) is 7.05 Å². The monoisotopic (exact) mass is 251 g/mol. The molecule has 1 aromatic rings. The van der Waals surface area contributed by atoms with Gasteiger partial charge in [0.05, 0.1) is 12.2 Å². The number of aromatic amines is 1. The number of aliphatic imine (C=N–C) groups is 1. The van der Waals surface area contributed by atoms with Crippen LogP contribution < -0.4 is 10.6 Å². The van der Waals surface area contributed by atoms with Crippen LogP contribution in [-0.2, 0) is 6.54 Å². The fourth-order valence-corrected chi connectivity index (χ4v) is 1.65. The van der Waals surface area contributed by atoms with E-state index < -0.39 is 0 Å². The van der Waals surface area contributed by atoms with Crippen molar-refractivity contribution in [1.82, 2.24) is 20.8 Å². The van der Waals surface area contributed by atoms with Crippen LogP contribution >= 0.6 is 0 Å². The molecule has 18 heavy (non-hydrogen) atoms. The Morgan fingerprint density at radius 1 is 1.39 bits per heavy atom. The molecule has 0 aliphatic rings. The third-order valence-electron chi connectivity index (χ3n) is 2.79. The zero-order valence-corrected chi connectivity index (χ0v) is 11.8. The lowest BCUT2D eigenvalue weighted by molar-refractivity contribution is 0.489. The quantitative estimate of drug-likeness (QED) is 0.534. The van der Waals surface area contributed by atoms with Crippen LogP contribution in [0.5, 0.6) is 0 Å². The molecule has 1 atom stereocenters. The topological polar surface area (TPSA) is 65.1 Å². The minimum Gasteiger partial charge on any atom is -0.354 e. The highest BCUT2D eigenvalue weighted by Crippen LogP contribution is 2.06. The summed E-state index contributed by atoms with van der Waals surface area (Å²) in [4.78, 5) is 4.21. The highest BCUT2D eigenvalue weighted by Gasteiger charge is 2.06. The normalized spacial score (nSPS) is 13.7. The Hall–Kier alpha value is -1.52. The summed E-state index contributed by atoms with van der Waals surface area (Å²) in [6.07, 6.45) is 4.13. The minimum atomic E-state index is 0.431. The van der Waals surface area contributed by atoms with Crippen molar-refractivity contribution >= 4 is 5.96 Å². The second-order valence-electron chi connectivity index (χ2n) is 5.02. The number of nitrogens with zero attached hydrogens (tertiary/aromatic N) is 2. The SMILES string of the molecule is CN=C(NCc1ccn[nH]1)NC(C)CCC(C)C. The summed E-state index contributed by atoms with van der Waals surface area (Å²) in [6.45, 7) is 7.39. The lowest BCUT2D eigenvalue weighted by atomic mass is 10.0. The van der Waals surface area contributed by atoms with E-state index in [0.29, 0.717) is 12.6 Å². The predicted molar refractivity (Wildman–Crippen MR) is 75.5 cm³/mol. The van der Waals surface area contributed by atoms with Crippen molar-refractivity contribution in [3.63, 3.8) is 0 Å². The van der Waals surface area contributed by atoms with Crippen LogP contribution in [-0.4, -0.2) is 29.2 Å². The Bertz CT molecular complexity index is 342. The van der Waals surface area contributed by atoms with Crippen molar-refractivity contribution < 1.29 is 0 Å². The second kappa shape index (κ2) is 7.74. The smallest absolute Gasteiger partial charge is 0.191 e. The molecule has 1 unspecified atom stereocenters. The van der Waals surface area contributed by atoms with E-state index in [1.165, 1.54) is 6.42 Å². The zero-order valence-electron chi connectivity index (χ0n) is 11.8. The fraction of sp³-hybridized carbons (Fsp3) is 0.692. The molecule has 0 saturated carbocycles. The Labute approximate surface area is 109 Å². The van der Waals surface area contributed by atoms with E-state index in [1.54, 1.807) is 13.2 Å². The van der Waals surface area contributed by atoms with Gasteiger partial charge in [0.15, 0.2) is 5.96 Å². The third-order valence-corrected chi connectivity index (χ3v) is 2.79. The average Bonchev–Trinajstić information content (AvgIpc) is 2.84. The van der Waals surface area contributed by atoms with Gasteiger partial charge in [-0.1, -0.05) is 13.8 Å². The summed E-state index contributed by atoms with van der Waals surface area (Å²) >= 11 is 0. The van der Waals surface area contributed by atoms with Crippen molar-refractivity contribution in [2.45, 2.75) is 46.2 Å². The number of nitrogens with one attached hydrogen (secondary N) is 3. The van der Waals surface area contributed by atoms with Gasteiger partial charge in [-0.3, -0.25) is 10.1 Å². The molecular weight excluding hydrogens is 226 g/mol. The van der Waals surface area contributed by atoms with Gasteiger partial charge in [-0.2, -0.15) is 5.10 Å². The largest absolute Gasteiger partial charge is 0.354 e. The molecule has 1 heterocycles. The molecule has 0 aromatic carbocycles. The highest BCUT2D eigenvalue weighted by atomic mass is 15.2. The van der Waals surface area contributed by atoms with Crippen LogP contribution in [0.1, 0.15) is 39.3 Å². The molecule has 5 heteroatoms. The summed E-state index contributed by atoms with van der Waals surface area (Å²) in [7, 11) is 1.79. The first-order valence-corrected chi connectivity index (χ1v) is 6.57. The van der Waals surface area contributed by atoms with Crippen molar-refractivity contribution in [2.24, 2.45) is 10.9 Å². The molecule has 0 spiro atoms. The van der Waals surface area contributed by atoms with Gasteiger partial charge in [-0.05, 0) is 31.7 Å². The van der Waals surface area contributed by atoms with E-state index in [1.807, 2.05) is 6.07 Å². The maximum atomic E-state index is 4.21. The first kappa shape index (κ1) is 14.5. The number of aromatic nitrogens is 2. The number of hydrogen-bond acceptors (Lipinski definition) is 2. The molecule has 0 bridgehead atoms. The number of hydrogen-bond donors (Lipinski definition) is 3. The van der Waals surface area contributed by atoms with E-state index in [-0.39, 0.29) is 0 Å². The molecule has 0 aliphatic heterocycles. The fourth-order valence-electron chi connectivity index (χ4n) is 1.65. The van der Waals surface area contributed by atoms with Crippen molar-refractivity contribution in [3.05, 3.63) is 18.0 Å². The van der Waals surface area contributed by atoms with E-state index in [0.717, 1.165) is 24.0 Å². The van der Waals surface area contributed by atoms with E-state index >= 15 is 0 Å². The second-order valence-corrected chi connectivity index (χ2v) is 5.02. The molecule has 0 fully saturated rings. The van der Waals surface area contributed by atoms with Gasteiger partial charge in [-0.25, -0.2) is 0 Å². The number of guanidine groups is 1. The highest BCUT2D eigenvalue weighted by molar-refractivity contribution is 5.79. The van der Waals surface area contributed by atoms with Gasteiger partial charge in [-0.15, -0.1) is 0 Å². The molecule has 0 amide bonds. The van der Waals surface area contributed by atoms with E-state index in [4.69, 9.17) is 0 Å². The van der Waals surface area contributed by atoms with Gasteiger partial charge in [0, 0.05) is 19.3 Å². The first-order valence-electron chi connectivity index (χ1n) is 6.57. The van der Waals surface area contributed by atoms with Crippen molar-refractivity contribution in [1.29, 1.82) is 0 Å². The maximum absolute atomic E-state index is 4.21. The summed E-state index contributed by atoms with van der Waals surface area (Å²) in [5.41, 5.74) is 1.05. The molecule has 0 saturated heterocycles. The van der Waals surface area contributed by atoms with Gasteiger partial charge in [0.25, 0.3) is 0 Å². The van der Waals surface area contributed by atoms with Crippen LogP contribution in [0.4, 0.5) is 0 Å². The summed E-state index contributed by atoms with van der Waals surface area (Å²) in [5, 5.41) is 13.5. The van der Waals surface area contributed by atoms with Crippen LogP contribution in [0, 0.1) is 5.92 Å². The lowest BCUT2D eigenvalue weighted by Gasteiger charge is -2.18. The summed E-state index contributed by atoms with van der Waals surface area (Å²) < 4.78 is 0. The van der Waals surface area contributed by atoms with Crippen LogP contribution in [0.2, 0.25) is 0 Å². The average molecular weight is 251 g/mol. The van der Waals surface area contributed by atoms with E-state index in [2.05, 4.69) is 46.6 Å². The summed E-state index contributed by atoms with van der Waals surface area (Å²) in [5.74, 6) is 1.58. The molecule has 5 nitrogen and oxygen atoms in total. The lowest BCUT2D eigenvalue weighted by Crippen LogP contribution is -2.42. The number of H-pyrrole nitrogens is 1. The van der Waals surface area contributed by atoms with Gasteiger partial charge < -0.3 is 10.6 Å². The molecular formula is C13H25N5. The van der Waals surface area contributed by atoms with Gasteiger partial charge in [0.1, 0.15) is 0 Å². The maximum Gasteiger partial charge on any atom is 0.191 e. The number of rotatable bonds is 6. The van der Waals surface area contributed by atoms with Gasteiger partial charge >= 0.3 is 0 Å². The molecule has 0 radical (unpaired) electrons. The van der Waals surface area contributed by atoms with Crippen LogP contribution in [0.25, 0.3) is 0 Å². The zero-order chi connectivity index (χ0) is 13.4. The van der Waals surface area contributed by atoms with E-state index in [9.17, 15) is 0 Å². The Kier molecular flexibility index (Phi) is 6.25. The standard InChI is InChI=1S/C13H25N5/c1-10(2)5-6-11(3)17-13(14-4)15-9-12-7-8-16-18-12/h7-8,10-11H,5-6,9H2,1-4H3,(H,16,18)(H2,14,15,17). The van der Waals surface area contributed by atoms with Crippen molar-refractivity contribution in [3.8, 4) is 0 Å². The molecule has 0 aliphatic carbocycles. The van der Waals surface area contributed by atoms with Crippen LogP contribution in [0.3, 0.4) is 0 Å². The first-order chi connectivity index (χ1) is 8.61.